The zero-order valence-corrected chi connectivity index (χ0v) is 19.0. The minimum atomic E-state index is -0.264. The minimum Gasteiger partial charge on any atom is -0.272 e. The number of nitrogens with zero attached hydrogens (tertiary/aromatic N) is 4. The molecule has 0 aliphatic carbocycles. The molecule has 0 bridgehead atoms. The molecule has 9 heteroatoms. The van der Waals surface area contributed by atoms with Crippen molar-refractivity contribution in [1.29, 1.82) is 0 Å². The number of hydrogen-bond donors (Lipinski definition) is 1. The second-order valence-corrected chi connectivity index (χ2v) is 8.44. The Morgan fingerprint density at radius 2 is 1.75 bits per heavy atom. The average Bonchev–Trinajstić information content (AvgIpc) is 3.23. The van der Waals surface area contributed by atoms with Gasteiger partial charge in [-0.1, -0.05) is 77.4 Å². The van der Waals surface area contributed by atoms with Crippen LogP contribution < -0.4 is 5.43 Å². The molecule has 0 aliphatic heterocycles. The molecule has 0 saturated carbocycles. The molecular formula is C23H17Cl2N5OS. The summed E-state index contributed by atoms with van der Waals surface area (Å²) in [6, 6.07) is 24.3. The Labute approximate surface area is 199 Å². The molecule has 32 heavy (non-hydrogen) atoms. The summed E-state index contributed by atoms with van der Waals surface area (Å²) >= 11 is 13.3. The maximum absolute atomic E-state index is 12.3. The van der Waals surface area contributed by atoms with Crippen molar-refractivity contribution in [3.8, 4) is 17.1 Å². The smallest absolute Gasteiger partial charge is 0.250 e. The number of carbonyl (C=O) groups excluding carboxylic acids is 1. The summed E-state index contributed by atoms with van der Waals surface area (Å²) in [5.41, 5.74) is 5.07. The summed E-state index contributed by atoms with van der Waals surface area (Å²) in [6.45, 7) is 0. The van der Waals surface area contributed by atoms with Gasteiger partial charge in [0.1, 0.15) is 0 Å². The van der Waals surface area contributed by atoms with Gasteiger partial charge in [0.15, 0.2) is 11.0 Å². The molecule has 0 spiro atoms. The van der Waals surface area contributed by atoms with Crippen LogP contribution in [-0.4, -0.2) is 32.6 Å². The van der Waals surface area contributed by atoms with Crippen molar-refractivity contribution in [2.75, 3.05) is 5.75 Å². The van der Waals surface area contributed by atoms with E-state index in [4.69, 9.17) is 23.2 Å². The first-order chi connectivity index (χ1) is 15.6. The van der Waals surface area contributed by atoms with Crippen molar-refractivity contribution >= 4 is 47.1 Å². The van der Waals surface area contributed by atoms with Gasteiger partial charge in [0, 0.05) is 21.3 Å². The van der Waals surface area contributed by atoms with Crippen LogP contribution in [0.15, 0.2) is 89.1 Å². The quantitative estimate of drug-likeness (QED) is 0.215. The highest BCUT2D eigenvalue weighted by Gasteiger charge is 2.17. The fourth-order valence-electron chi connectivity index (χ4n) is 2.89. The molecule has 0 saturated heterocycles. The molecule has 160 valence electrons. The van der Waals surface area contributed by atoms with Crippen LogP contribution in [0.25, 0.3) is 17.1 Å². The van der Waals surface area contributed by atoms with E-state index in [1.54, 1.807) is 24.3 Å². The number of hydrazone groups is 1. The first-order valence-electron chi connectivity index (χ1n) is 9.57. The van der Waals surface area contributed by atoms with Gasteiger partial charge in [0.05, 0.1) is 12.0 Å². The Bertz CT molecular complexity index is 1240. The Hall–Kier alpha value is -3.13. The molecule has 3 aromatic carbocycles. The van der Waals surface area contributed by atoms with Gasteiger partial charge in [-0.3, -0.25) is 9.36 Å². The average molecular weight is 482 g/mol. The molecule has 0 unspecified atom stereocenters. The van der Waals surface area contributed by atoms with Crippen molar-refractivity contribution in [3.63, 3.8) is 0 Å². The fraction of sp³-hybridized carbons (Fsp3) is 0.0435. The number of aromatic nitrogens is 3. The molecule has 0 aliphatic rings. The highest BCUT2D eigenvalue weighted by atomic mass is 35.5. The van der Waals surface area contributed by atoms with E-state index in [2.05, 4.69) is 20.7 Å². The number of amides is 1. The molecule has 0 radical (unpaired) electrons. The molecule has 1 N–H and O–H groups in total. The second kappa shape index (κ2) is 10.5. The maximum atomic E-state index is 12.3. The molecule has 4 aromatic rings. The topological polar surface area (TPSA) is 72.2 Å². The lowest BCUT2D eigenvalue weighted by molar-refractivity contribution is -0.118. The zero-order valence-electron chi connectivity index (χ0n) is 16.7. The van der Waals surface area contributed by atoms with Gasteiger partial charge in [0.2, 0.25) is 0 Å². The molecule has 1 aromatic heterocycles. The molecular weight excluding hydrogens is 465 g/mol. The van der Waals surface area contributed by atoms with Crippen molar-refractivity contribution < 1.29 is 4.79 Å². The van der Waals surface area contributed by atoms with E-state index in [9.17, 15) is 4.79 Å². The standard InChI is InChI=1S/C23H17Cl2N5OS/c24-18-9-11-20(12-10-18)30-22(17-6-2-1-3-7-17)28-29-23(30)32-15-21(31)27-26-14-16-5-4-8-19(25)13-16/h1-14H,15H2,(H,27,31)/b26-14-. The van der Waals surface area contributed by atoms with E-state index in [0.29, 0.717) is 21.0 Å². The van der Waals surface area contributed by atoms with Gasteiger partial charge in [0.25, 0.3) is 5.91 Å². The minimum absolute atomic E-state index is 0.118. The van der Waals surface area contributed by atoms with Crippen LogP contribution in [-0.2, 0) is 4.79 Å². The summed E-state index contributed by atoms with van der Waals surface area (Å²) < 4.78 is 1.90. The van der Waals surface area contributed by atoms with Gasteiger partial charge in [-0.05, 0) is 42.0 Å². The van der Waals surface area contributed by atoms with Gasteiger partial charge in [-0.15, -0.1) is 10.2 Å². The summed E-state index contributed by atoms with van der Waals surface area (Å²) in [5, 5.41) is 14.5. The third-order valence-electron chi connectivity index (χ3n) is 4.33. The number of halogens is 2. The largest absolute Gasteiger partial charge is 0.272 e. The number of nitrogens with one attached hydrogen (secondary N) is 1. The van der Waals surface area contributed by atoms with Crippen LogP contribution in [0, 0.1) is 0 Å². The summed E-state index contributed by atoms with van der Waals surface area (Å²) in [5.74, 6) is 0.530. The molecule has 0 atom stereocenters. The Morgan fingerprint density at radius 1 is 0.969 bits per heavy atom. The normalized spacial score (nSPS) is 11.1. The number of rotatable bonds is 7. The van der Waals surface area contributed by atoms with Crippen LogP contribution in [0.4, 0.5) is 0 Å². The predicted octanol–water partition coefficient (Wildman–Crippen LogP) is 5.48. The Balaban J connectivity index is 1.50. The van der Waals surface area contributed by atoms with Crippen LogP contribution in [0.1, 0.15) is 5.56 Å². The highest BCUT2D eigenvalue weighted by Crippen LogP contribution is 2.28. The Kier molecular flexibility index (Phi) is 7.21. The molecule has 1 amide bonds. The number of carbonyl (C=O) groups is 1. The fourth-order valence-corrected chi connectivity index (χ4v) is 3.96. The molecule has 0 fully saturated rings. The lowest BCUT2D eigenvalue weighted by Crippen LogP contribution is -2.20. The van der Waals surface area contributed by atoms with E-state index in [-0.39, 0.29) is 11.7 Å². The van der Waals surface area contributed by atoms with Crippen molar-refractivity contribution in [2.24, 2.45) is 5.10 Å². The van der Waals surface area contributed by atoms with Gasteiger partial charge in [-0.25, -0.2) is 5.43 Å². The van der Waals surface area contributed by atoms with Crippen molar-refractivity contribution in [3.05, 3.63) is 94.5 Å². The molecule has 6 nitrogen and oxygen atoms in total. The third-order valence-corrected chi connectivity index (χ3v) is 5.75. The van der Waals surface area contributed by atoms with Crippen LogP contribution in [0.5, 0.6) is 0 Å². The second-order valence-electron chi connectivity index (χ2n) is 6.62. The number of thioether (sulfide) groups is 1. The van der Waals surface area contributed by atoms with Crippen LogP contribution >= 0.6 is 35.0 Å². The summed E-state index contributed by atoms with van der Waals surface area (Å²) in [7, 11) is 0. The number of benzene rings is 3. The van der Waals surface area contributed by atoms with E-state index in [0.717, 1.165) is 16.8 Å². The number of hydrogen-bond acceptors (Lipinski definition) is 5. The lowest BCUT2D eigenvalue weighted by Gasteiger charge is -2.10. The van der Waals surface area contributed by atoms with E-state index in [1.165, 1.54) is 18.0 Å². The summed E-state index contributed by atoms with van der Waals surface area (Å²) in [6.07, 6.45) is 1.54. The van der Waals surface area contributed by atoms with Gasteiger partial charge < -0.3 is 0 Å². The van der Waals surface area contributed by atoms with Crippen molar-refractivity contribution in [1.82, 2.24) is 20.2 Å². The van der Waals surface area contributed by atoms with E-state index in [1.807, 2.05) is 59.2 Å². The van der Waals surface area contributed by atoms with Crippen LogP contribution in [0.3, 0.4) is 0 Å². The first kappa shape index (κ1) is 22.1. The van der Waals surface area contributed by atoms with Gasteiger partial charge in [-0.2, -0.15) is 5.10 Å². The third kappa shape index (κ3) is 5.56. The van der Waals surface area contributed by atoms with Gasteiger partial charge >= 0.3 is 0 Å². The highest BCUT2D eigenvalue weighted by molar-refractivity contribution is 7.99. The lowest BCUT2D eigenvalue weighted by atomic mass is 10.2. The SMILES string of the molecule is O=C(CSc1nnc(-c2ccccc2)n1-c1ccc(Cl)cc1)N/N=C\c1cccc(Cl)c1. The zero-order chi connectivity index (χ0) is 22.3. The summed E-state index contributed by atoms with van der Waals surface area (Å²) in [4.78, 5) is 12.3. The molecule has 1 heterocycles. The first-order valence-corrected chi connectivity index (χ1v) is 11.3. The van der Waals surface area contributed by atoms with Crippen molar-refractivity contribution in [2.45, 2.75) is 5.16 Å². The van der Waals surface area contributed by atoms with Crippen LogP contribution in [0.2, 0.25) is 10.0 Å². The molecule has 4 rings (SSSR count). The Morgan fingerprint density at radius 3 is 2.50 bits per heavy atom. The monoisotopic (exact) mass is 481 g/mol. The van der Waals surface area contributed by atoms with E-state index < -0.39 is 0 Å². The predicted molar refractivity (Wildman–Crippen MR) is 130 cm³/mol. The van der Waals surface area contributed by atoms with E-state index >= 15 is 0 Å². The maximum Gasteiger partial charge on any atom is 0.250 e.